The molecular weight excluding hydrogens is 603 g/mol. The maximum atomic E-state index is 13.3. The van der Waals surface area contributed by atoms with E-state index in [1.807, 2.05) is 12.3 Å². The Morgan fingerprint density at radius 2 is 1.22 bits per heavy atom. The predicted molar refractivity (Wildman–Crippen MR) is 208 cm³/mol. The van der Waals surface area contributed by atoms with Gasteiger partial charge in [0.2, 0.25) is 5.43 Å². The number of pyridine rings is 1. The topological polar surface area (TPSA) is 60.5 Å². The average Bonchev–Trinajstić information content (AvgIpc) is 3.13. The molecule has 2 aromatic carbocycles. The summed E-state index contributed by atoms with van der Waals surface area (Å²) in [6.45, 7) is 7.06. The van der Waals surface area contributed by atoms with Crippen molar-refractivity contribution in [2.45, 2.75) is 147 Å². The second-order valence-electron chi connectivity index (χ2n) is 14.7. The van der Waals surface area contributed by atoms with E-state index >= 15 is 0 Å². The third-order valence-corrected chi connectivity index (χ3v) is 10.8. The molecule has 2 heterocycles. The summed E-state index contributed by atoms with van der Waals surface area (Å²) in [7, 11) is 0. The molecule has 0 radical (unpaired) electrons. The second kappa shape index (κ2) is 22.8. The Labute approximate surface area is 298 Å². The summed E-state index contributed by atoms with van der Waals surface area (Å²) in [6.07, 6.45) is 26.7. The summed E-state index contributed by atoms with van der Waals surface area (Å²) in [5.41, 5.74) is 9.93. The quantitative estimate of drug-likeness (QED) is 0.0912. The molecule has 0 aliphatic carbocycles. The minimum atomic E-state index is -0.00502. The van der Waals surface area contributed by atoms with Crippen LogP contribution in [0.5, 0.6) is 5.75 Å². The van der Waals surface area contributed by atoms with Crippen molar-refractivity contribution >= 4 is 0 Å². The molecule has 4 rings (SSSR count). The van der Waals surface area contributed by atoms with Gasteiger partial charge in [0.05, 0.1) is 12.8 Å². The summed E-state index contributed by atoms with van der Waals surface area (Å²) in [4.78, 5) is 15.8. The lowest BCUT2D eigenvalue weighted by molar-refractivity contribution is 0.144. The highest BCUT2D eigenvalue weighted by Gasteiger charge is 2.35. The number of benzene rings is 2. The van der Waals surface area contributed by atoms with E-state index in [4.69, 9.17) is 10.5 Å². The molecule has 0 bridgehead atoms. The fourth-order valence-corrected chi connectivity index (χ4v) is 7.72. The highest BCUT2D eigenvalue weighted by Crippen LogP contribution is 2.38. The van der Waals surface area contributed by atoms with Crippen molar-refractivity contribution in [1.29, 1.82) is 0 Å². The minimum Gasteiger partial charge on any atom is -0.488 e. The van der Waals surface area contributed by atoms with Gasteiger partial charge in [0.25, 0.3) is 0 Å². The van der Waals surface area contributed by atoms with Crippen LogP contribution in [0.25, 0.3) is 0 Å². The first-order chi connectivity index (χ1) is 24.1. The summed E-state index contributed by atoms with van der Waals surface area (Å²) < 4.78 is 8.36. The largest absolute Gasteiger partial charge is 0.488 e. The highest BCUT2D eigenvalue weighted by atomic mass is 16.5. The van der Waals surface area contributed by atoms with Crippen LogP contribution in [0, 0.1) is 0 Å². The van der Waals surface area contributed by atoms with Crippen LogP contribution in [-0.4, -0.2) is 35.7 Å². The first-order valence-electron chi connectivity index (χ1n) is 20.0. The highest BCUT2D eigenvalue weighted by molar-refractivity contribution is 5.27. The second-order valence-corrected chi connectivity index (χ2v) is 14.7. The van der Waals surface area contributed by atoms with Crippen LogP contribution in [0.1, 0.15) is 146 Å². The van der Waals surface area contributed by atoms with Gasteiger partial charge in [-0.1, -0.05) is 164 Å². The zero-order chi connectivity index (χ0) is 34.4. The summed E-state index contributed by atoms with van der Waals surface area (Å²) in [6, 6.07) is 23.3. The van der Waals surface area contributed by atoms with E-state index in [0.717, 1.165) is 64.0 Å². The molecule has 3 aromatic rings. The molecule has 5 heteroatoms. The molecule has 0 spiro atoms. The Bertz CT molecular complexity index is 1330. The Kier molecular flexibility index (Phi) is 18.1. The van der Waals surface area contributed by atoms with E-state index in [2.05, 4.69) is 77.1 Å². The predicted octanol–water partition coefficient (Wildman–Crippen LogP) is 10.4. The number of likely N-dealkylation sites (tertiary alicyclic amines) is 1. The molecule has 0 atom stereocenters. The summed E-state index contributed by atoms with van der Waals surface area (Å²) >= 11 is 0. The summed E-state index contributed by atoms with van der Waals surface area (Å²) in [5.74, 6) is 0.477. The normalized spacial score (nSPS) is 14.7. The number of hydrogen-bond acceptors (Lipinski definition) is 4. The molecule has 0 amide bonds. The van der Waals surface area contributed by atoms with Crippen molar-refractivity contribution in [3.8, 4) is 5.75 Å². The van der Waals surface area contributed by atoms with Crippen molar-refractivity contribution < 1.29 is 4.74 Å². The molecule has 2 N–H and O–H groups in total. The van der Waals surface area contributed by atoms with Gasteiger partial charge in [-0.15, -0.1) is 0 Å². The molecule has 1 fully saturated rings. The molecule has 1 saturated heterocycles. The van der Waals surface area contributed by atoms with Gasteiger partial charge in [0.15, 0.2) is 5.75 Å². The molecule has 5 nitrogen and oxygen atoms in total. The first kappa shape index (κ1) is 38.9. The van der Waals surface area contributed by atoms with Crippen LogP contribution < -0.4 is 15.9 Å². The number of rotatable bonds is 25. The Balaban J connectivity index is 1.19. The number of ether oxygens (including phenoxy) is 1. The lowest BCUT2D eigenvalue weighted by Crippen LogP contribution is -2.43. The molecule has 0 saturated carbocycles. The maximum absolute atomic E-state index is 13.3. The molecular formula is C44H67N3O2. The first-order valence-corrected chi connectivity index (χ1v) is 20.0. The van der Waals surface area contributed by atoms with E-state index in [9.17, 15) is 4.79 Å². The Morgan fingerprint density at radius 3 is 1.78 bits per heavy atom. The zero-order valence-corrected chi connectivity index (χ0v) is 30.9. The van der Waals surface area contributed by atoms with Crippen LogP contribution in [0.3, 0.4) is 0 Å². The van der Waals surface area contributed by atoms with Gasteiger partial charge in [-0.05, 0) is 61.9 Å². The number of piperidine rings is 1. The zero-order valence-electron chi connectivity index (χ0n) is 30.9. The van der Waals surface area contributed by atoms with Crippen molar-refractivity contribution in [3.63, 3.8) is 0 Å². The van der Waals surface area contributed by atoms with Crippen molar-refractivity contribution in [1.82, 2.24) is 9.47 Å². The van der Waals surface area contributed by atoms with Gasteiger partial charge in [-0.25, -0.2) is 0 Å². The fraction of sp³-hybridized carbons (Fsp3) is 0.614. The van der Waals surface area contributed by atoms with Crippen LogP contribution in [0.2, 0.25) is 0 Å². The van der Waals surface area contributed by atoms with Crippen LogP contribution in [0.15, 0.2) is 77.7 Å². The van der Waals surface area contributed by atoms with Crippen LogP contribution in [0.4, 0.5) is 0 Å². The number of hydrogen-bond donors (Lipinski definition) is 1. The van der Waals surface area contributed by atoms with Crippen molar-refractivity contribution in [3.05, 3.63) is 100.0 Å². The minimum absolute atomic E-state index is 0.00502. The van der Waals surface area contributed by atoms with Crippen molar-refractivity contribution in [2.75, 3.05) is 26.2 Å². The lowest BCUT2D eigenvalue weighted by atomic mass is 9.70. The maximum Gasteiger partial charge on any atom is 0.223 e. The molecule has 1 aromatic heterocycles. The number of unbranched alkanes of at least 4 members (excludes halogenated alkanes) is 15. The smallest absolute Gasteiger partial charge is 0.223 e. The molecule has 1 aliphatic heterocycles. The summed E-state index contributed by atoms with van der Waals surface area (Å²) in [5, 5.41) is 0. The fourth-order valence-electron chi connectivity index (χ4n) is 7.72. The van der Waals surface area contributed by atoms with Gasteiger partial charge in [-0.3, -0.25) is 9.69 Å². The standard InChI is InChI=1S/C44H67N3O2/c1-2-3-4-5-6-7-8-9-10-11-12-13-14-15-16-23-34-49-43-38-47(36-39-24-19-17-20-25-39)41(35-42(43)48)37-46-32-29-44(28-31-45,30-33-46)40-26-21-18-22-27-40/h17-22,24-27,35,38H,2-16,23,28-34,36-37,45H2,1H3. The van der Waals surface area contributed by atoms with Gasteiger partial charge < -0.3 is 15.0 Å². The van der Waals surface area contributed by atoms with E-state index in [1.165, 1.54) is 101 Å². The average molecular weight is 670 g/mol. The van der Waals surface area contributed by atoms with Gasteiger partial charge in [-0.2, -0.15) is 0 Å². The van der Waals surface area contributed by atoms with Crippen molar-refractivity contribution in [2.24, 2.45) is 5.73 Å². The van der Waals surface area contributed by atoms with E-state index in [-0.39, 0.29) is 10.8 Å². The Hall–Kier alpha value is -2.89. The molecule has 49 heavy (non-hydrogen) atoms. The molecule has 1 aliphatic rings. The third kappa shape index (κ3) is 13.7. The lowest BCUT2D eigenvalue weighted by Gasteiger charge is -2.42. The number of aromatic nitrogens is 1. The van der Waals surface area contributed by atoms with Crippen LogP contribution >= 0.6 is 0 Å². The van der Waals surface area contributed by atoms with Gasteiger partial charge >= 0.3 is 0 Å². The third-order valence-electron chi connectivity index (χ3n) is 10.8. The van der Waals surface area contributed by atoms with Gasteiger partial charge in [0.1, 0.15) is 0 Å². The molecule has 0 unspecified atom stereocenters. The number of nitrogens with two attached hydrogens (primary N) is 1. The Morgan fingerprint density at radius 1 is 0.694 bits per heavy atom. The number of nitrogens with zero attached hydrogens (tertiary/aromatic N) is 2. The van der Waals surface area contributed by atoms with E-state index in [1.54, 1.807) is 0 Å². The van der Waals surface area contributed by atoms with E-state index in [0.29, 0.717) is 18.9 Å². The van der Waals surface area contributed by atoms with Crippen LogP contribution in [-0.2, 0) is 18.5 Å². The van der Waals surface area contributed by atoms with E-state index < -0.39 is 0 Å². The molecule has 270 valence electrons. The SMILES string of the molecule is CCCCCCCCCCCCCCCCCCOc1cn(Cc2ccccc2)c(CN2CCC(CCN)(c3ccccc3)CC2)cc1=O. The monoisotopic (exact) mass is 670 g/mol. The van der Waals surface area contributed by atoms with Gasteiger partial charge in [0, 0.05) is 24.8 Å².